The van der Waals surface area contributed by atoms with Gasteiger partial charge in [-0.15, -0.1) is 11.3 Å². The average Bonchev–Trinajstić information content (AvgIpc) is 3.12. The molecule has 6 heteroatoms. The predicted molar refractivity (Wildman–Crippen MR) is 77.0 cm³/mol. The first-order chi connectivity index (χ1) is 9.72. The van der Waals surface area contributed by atoms with E-state index < -0.39 is 0 Å². The van der Waals surface area contributed by atoms with E-state index in [1.165, 1.54) is 11.3 Å². The highest BCUT2D eigenvalue weighted by molar-refractivity contribution is 7.15. The molecule has 5 nitrogen and oxygen atoms in total. The monoisotopic (exact) mass is 289 g/mol. The lowest BCUT2D eigenvalue weighted by Gasteiger charge is -2.11. The van der Waals surface area contributed by atoms with E-state index in [4.69, 9.17) is 4.42 Å². The van der Waals surface area contributed by atoms with Crippen LogP contribution < -0.4 is 5.32 Å². The number of aromatic nitrogens is 2. The molecule has 1 amide bonds. The van der Waals surface area contributed by atoms with Crippen molar-refractivity contribution in [1.29, 1.82) is 0 Å². The van der Waals surface area contributed by atoms with Crippen LogP contribution in [0.3, 0.4) is 0 Å². The van der Waals surface area contributed by atoms with Gasteiger partial charge in [-0.3, -0.25) is 9.20 Å². The average molecular weight is 289 g/mol. The Bertz CT molecular complexity index is 670. The lowest BCUT2D eigenvalue weighted by molar-refractivity contribution is 0.0933. The van der Waals surface area contributed by atoms with Crippen molar-refractivity contribution in [2.45, 2.75) is 25.8 Å². The van der Waals surface area contributed by atoms with Gasteiger partial charge in [0.1, 0.15) is 11.5 Å². The standard InChI is InChI=1S/C14H15N3O2S/c1-10(4-5-11-3-2-7-19-11)15-13(18)12-9-17-6-8-20-14(17)16-12/h2-3,6-10H,4-5H2,1H3,(H,15,18). The number of thiazole rings is 1. The van der Waals surface area contributed by atoms with Crippen LogP contribution in [-0.4, -0.2) is 21.3 Å². The third-order valence-corrected chi connectivity index (χ3v) is 3.88. The van der Waals surface area contributed by atoms with E-state index in [9.17, 15) is 4.79 Å². The Balaban J connectivity index is 1.56. The van der Waals surface area contributed by atoms with Crippen molar-refractivity contribution in [3.8, 4) is 0 Å². The summed E-state index contributed by atoms with van der Waals surface area (Å²) < 4.78 is 7.13. The van der Waals surface area contributed by atoms with Gasteiger partial charge in [-0.05, 0) is 25.5 Å². The fraction of sp³-hybridized carbons (Fsp3) is 0.286. The van der Waals surface area contributed by atoms with Gasteiger partial charge >= 0.3 is 0 Å². The number of furan rings is 1. The molecule has 0 radical (unpaired) electrons. The number of aryl methyl sites for hydroxylation is 1. The topological polar surface area (TPSA) is 59.5 Å². The summed E-state index contributed by atoms with van der Waals surface area (Å²) in [6.45, 7) is 1.99. The first-order valence-corrected chi connectivity index (χ1v) is 7.36. The minimum Gasteiger partial charge on any atom is -0.469 e. The summed E-state index contributed by atoms with van der Waals surface area (Å²) in [5, 5.41) is 4.90. The molecule has 1 atom stereocenters. The van der Waals surface area contributed by atoms with E-state index in [1.54, 1.807) is 12.5 Å². The van der Waals surface area contributed by atoms with Gasteiger partial charge in [0.15, 0.2) is 4.96 Å². The molecular weight excluding hydrogens is 274 g/mol. The molecule has 0 bridgehead atoms. The van der Waals surface area contributed by atoms with Crippen LogP contribution in [0.4, 0.5) is 0 Å². The highest BCUT2D eigenvalue weighted by Crippen LogP contribution is 2.12. The number of nitrogens with zero attached hydrogens (tertiary/aromatic N) is 2. The first-order valence-electron chi connectivity index (χ1n) is 6.48. The molecule has 0 saturated carbocycles. The molecule has 3 heterocycles. The van der Waals surface area contributed by atoms with Crippen LogP contribution in [0.2, 0.25) is 0 Å². The van der Waals surface area contributed by atoms with Gasteiger partial charge < -0.3 is 9.73 Å². The molecule has 0 fully saturated rings. The first kappa shape index (κ1) is 12.9. The molecular formula is C14H15N3O2S. The molecule has 0 saturated heterocycles. The Hall–Kier alpha value is -2.08. The van der Waals surface area contributed by atoms with E-state index in [1.807, 2.05) is 35.0 Å². The summed E-state index contributed by atoms with van der Waals surface area (Å²) in [6.07, 6.45) is 6.95. The van der Waals surface area contributed by atoms with Crippen molar-refractivity contribution in [2.75, 3.05) is 0 Å². The number of hydrogen-bond acceptors (Lipinski definition) is 4. The molecule has 3 aromatic rings. The molecule has 1 unspecified atom stereocenters. The van der Waals surface area contributed by atoms with Crippen LogP contribution in [0, 0.1) is 0 Å². The smallest absolute Gasteiger partial charge is 0.271 e. The van der Waals surface area contributed by atoms with Gasteiger partial charge in [0, 0.05) is 30.2 Å². The van der Waals surface area contributed by atoms with Crippen molar-refractivity contribution >= 4 is 22.2 Å². The van der Waals surface area contributed by atoms with Crippen LogP contribution in [0.15, 0.2) is 40.6 Å². The second-order valence-electron chi connectivity index (χ2n) is 4.71. The highest BCUT2D eigenvalue weighted by atomic mass is 32.1. The number of amides is 1. The Morgan fingerprint density at radius 3 is 3.25 bits per heavy atom. The normalized spacial score (nSPS) is 12.7. The predicted octanol–water partition coefficient (Wildman–Crippen LogP) is 2.74. The Labute approximate surface area is 120 Å². The van der Waals surface area contributed by atoms with E-state index >= 15 is 0 Å². The Morgan fingerprint density at radius 2 is 2.50 bits per heavy atom. The number of nitrogens with one attached hydrogen (secondary N) is 1. The van der Waals surface area contributed by atoms with E-state index in [2.05, 4.69) is 10.3 Å². The number of carbonyl (C=O) groups is 1. The molecule has 104 valence electrons. The zero-order valence-corrected chi connectivity index (χ0v) is 11.9. The van der Waals surface area contributed by atoms with Gasteiger partial charge in [0.25, 0.3) is 5.91 Å². The summed E-state index contributed by atoms with van der Waals surface area (Å²) >= 11 is 1.51. The quantitative estimate of drug-likeness (QED) is 0.785. The zero-order chi connectivity index (χ0) is 13.9. The minimum atomic E-state index is -0.132. The third kappa shape index (κ3) is 2.75. The van der Waals surface area contributed by atoms with Gasteiger partial charge in [-0.25, -0.2) is 4.98 Å². The minimum absolute atomic E-state index is 0.0762. The molecule has 0 aliphatic heterocycles. The molecule has 1 N–H and O–H groups in total. The summed E-state index contributed by atoms with van der Waals surface area (Å²) in [5.74, 6) is 0.807. The number of carbonyl (C=O) groups excluding carboxylic acids is 1. The second kappa shape index (κ2) is 5.50. The molecule has 0 aromatic carbocycles. The highest BCUT2D eigenvalue weighted by Gasteiger charge is 2.14. The molecule has 3 rings (SSSR count). The van der Waals surface area contributed by atoms with Gasteiger partial charge in [-0.2, -0.15) is 0 Å². The zero-order valence-electron chi connectivity index (χ0n) is 11.1. The second-order valence-corrected chi connectivity index (χ2v) is 5.58. The van der Waals surface area contributed by atoms with Crippen molar-refractivity contribution < 1.29 is 9.21 Å². The summed E-state index contributed by atoms with van der Waals surface area (Å²) in [4.78, 5) is 17.2. The van der Waals surface area contributed by atoms with Gasteiger partial charge in [-0.1, -0.05) is 0 Å². The third-order valence-electron chi connectivity index (χ3n) is 3.11. The number of rotatable bonds is 5. The van der Waals surface area contributed by atoms with Crippen molar-refractivity contribution in [2.24, 2.45) is 0 Å². The van der Waals surface area contributed by atoms with Crippen molar-refractivity contribution in [3.05, 3.63) is 47.6 Å². The van der Waals surface area contributed by atoms with Crippen molar-refractivity contribution in [1.82, 2.24) is 14.7 Å². The molecule has 20 heavy (non-hydrogen) atoms. The molecule has 3 aromatic heterocycles. The van der Waals surface area contributed by atoms with Crippen LogP contribution in [-0.2, 0) is 6.42 Å². The number of fused-ring (bicyclic) bond motifs is 1. The van der Waals surface area contributed by atoms with Crippen molar-refractivity contribution in [3.63, 3.8) is 0 Å². The van der Waals surface area contributed by atoms with Crippen LogP contribution in [0.5, 0.6) is 0 Å². The number of hydrogen-bond donors (Lipinski definition) is 1. The maximum Gasteiger partial charge on any atom is 0.271 e. The van der Waals surface area contributed by atoms with E-state index in [0.717, 1.165) is 23.6 Å². The van der Waals surface area contributed by atoms with E-state index in [-0.39, 0.29) is 11.9 Å². The SMILES string of the molecule is CC(CCc1ccco1)NC(=O)c1cn2ccsc2n1. The van der Waals surface area contributed by atoms with Gasteiger partial charge in [0.05, 0.1) is 6.26 Å². The Morgan fingerprint density at radius 1 is 1.60 bits per heavy atom. The summed E-state index contributed by atoms with van der Waals surface area (Å²) in [6, 6.07) is 3.89. The van der Waals surface area contributed by atoms with Crippen LogP contribution in [0.25, 0.3) is 4.96 Å². The summed E-state index contributed by atoms with van der Waals surface area (Å²) in [7, 11) is 0. The van der Waals surface area contributed by atoms with Crippen LogP contribution >= 0.6 is 11.3 Å². The fourth-order valence-corrected chi connectivity index (χ4v) is 2.72. The van der Waals surface area contributed by atoms with Crippen LogP contribution in [0.1, 0.15) is 29.6 Å². The lowest BCUT2D eigenvalue weighted by Crippen LogP contribution is -2.33. The maximum absolute atomic E-state index is 12.1. The maximum atomic E-state index is 12.1. The molecule has 0 aliphatic carbocycles. The lowest BCUT2D eigenvalue weighted by atomic mass is 10.1. The molecule has 0 aliphatic rings. The molecule has 0 spiro atoms. The number of imidazole rings is 1. The Kier molecular flexibility index (Phi) is 3.56. The van der Waals surface area contributed by atoms with Gasteiger partial charge in [0.2, 0.25) is 0 Å². The fourth-order valence-electron chi connectivity index (χ4n) is 2.02. The van der Waals surface area contributed by atoms with E-state index in [0.29, 0.717) is 5.69 Å². The summed E-state index contributed by atoms with van der Waals surface area (Å²) in [5.41, 5.74) is 0.460. The largest absolute Gasteiger partial charge is 0.469 e.